The maximum Gasteiger partial charge on any atom is 0.315 e. The average molecular weight is 443 g/mol. The minimum Gasteiger partial charge on any atom is -0.494 e. The molecule has 0 spiro atoms. The molecule has 4 fully saturated rings. The van der Waals surface area contributed by atoms with E-state index in [1.54, 1.807) is 24.3 Å². The largest absolute Gasteiger partial charge is 0.494 e. The predicted octanol–water partition coefficient (Wildman–Crippen LogP) is 2.80. The van der Waals surface area contributed by atoms with Crippen LogP contribution in [0.15, 0.2) is 24.3 Å². The fourth-order valence-electron chi connectivity index (χ4n) is 6.11. The van der Waals surface area contributed by atoms with Crippen molar-refractivity contribution in [1.82, 2.24) is 16.0 Å². The normalized spacial score (nSPS) is 27.5. The first-order valence-electron chi connectivity index (χ1n) is 11.8. The monoisotopic (exact) mass is 442 g/mol. The number of hydrogen-bond acceptors (Lipinski definition) is 4. The van der Waals surface area contributed by atoms with Crippen molar-refractivity contribution < 1.29 is 19.1 Å². The van der Waals surface area contributed by atoms with Gasteiger partial charge in [-0.05, 0) is 87.5 Å². The summed E-state index contributed by atoms with van der Waals surface area (Å²) in [6.45, 7) is 2.61. The van der Waals surface area contributed by atoms with Crippen LogP contribution in [0, 0.1) is 17.8 Å². The zero-order valence-electron chi connectivity index (χ0n) is 18.7. The minimum atomic E-state index is -0.310. The number of urea groups is 1. The third-order valence-corrected chi connectivity index (χ3v) is 6.95. The number of carbonyl (C=O) groups excluding carboxylic acids is 3. The van der Waals surface area contributed by atoms with Crippen LogP contribution < -0.4 is 26.0 Å². The lowest BCUT2D eigenvalue weighted by molar-refractivity contribution is -0.124. The molecule has 4 amide bonds. The van der Waals surface area contributed by atoms with Gasteiger partial charge in [0.15, 0.2) is 0 Å². The lowest BCUT2D eigenvalue weighted by Crippen LogP contribution is -2.61. The first-order chi connectivity index (χ1) is 15.4. The summed E-state index contributed by atoms with van der Waals surface area (Å²) in [5, 5.41) is 11.4. The van der Waals surface area contributed by atoms with E-state index >= 15 is 0 Å². The second kappa shape index (κ2) is 9.79. The van der Waals surface area contributed by atoms with E-state index in [9.17, 15) is 14.4 Å². The Morgan fingerprint density at radius 2 is 1.56 bits per heavy atom. The molecule has 4 N–H and O–H groups in total. The van der Waals surface area contributed by atoms with Gasteiger partial charge in [-0.2, -0.15) is 0 Å². The number of benzene rings is 1. The Morgan fingerprint density at radius 1 is 0.938 bits per heavy atom. The molecule has 174 valence electrons. The molecule has 8 heteroatoms. The third-order valence-electron chi connectivity index (χ3n) is 6.95. The van der Waals surface area contributed by atoms with Crippen LogP contribution in [0.1, 0.15) is 51.9 Å². The summed E-state index contributed by atoms with van der Waals surface area (Å²) in [6.07, 6.45) is 7.40. The molecule has 0 saturated heterocycles. The van der Waals surface area contributed by atoms with E-state index in [2.05, 4.69) is 21.3 Å². The van der Waals surface area contributed by atoms with Gasteiger partial charge in [-0.25, -0.2) is 4.79 Å². The predicted molar refractivity (Wildman–Crippen MR) is 121 cm³/mol. The number of nitrogens with one attached hydrogen (secondary N) is 4. The van der Waals surface area contributed by atoms with Crippen molar-refractivity contribution in [2.24, 2.45) is 17.8 Å². The first kappa shape index (κ1) is 22.4. The van der Waals surface area contributed by atoms with Gasteiger partial charge in [0.1, 0.15) is 5.75 Å². The molecule has 0 heterocycles. The molecular formula is C24H34N4O4. The molecule has 0 atom stereocenters. The van der Waals surface area contributed by atoms with Crippen molar-refractivity contribution in [3.05, 3.63) is 24.3 Å². The van der Waals surface area contributed by atoms with Crippen LogP contribution in [0.5, 0.6) is 5.75 Å². The Morgan fingerprint density at radius 3 is 2.16 bits per heavy atom. The first-order valence-corrected chi connectivity index (χ1v) is 11.8. The Bertz CT molecular complexity index is 804. The molecule has 4 saturated carbocycles. The van der Waals surface area contributed by atoms with Crippen LogP contribution in [0.2, 0.25) is 0 Å². The molecule has 1 aromatic rings. The number of hydrogen-bond donors (Lipinski definition) is 4. The maximum atomic E-state index is 12.4. The van der Waals surface area contributed by atoms with Crippen LogP contribution in [-0.4, -0.2) is 43.1 Å². The fraction of sp³-hybridized carbons (Fsp3) is 0.625. The number of rotatable bonds is 9. The van der Waals surface area contributed by atoms with Gasteiger partial charge in [-0.3, -0.25) is 9.59 Å². The molecular weight excluding hydrogens is 408 g/mol. The molecule has 8 nitrogen and oxygen atoms in total. The van der Waals surface area contributed by atoms with E-state index in [1.165, 1.54) is 19.3 Å². The van der Waals surface area contributed by atoms with Crippen molar-refractivity contribution in [1.29, 1.82) is 0 Å². The van der Waals surface area contributed by atoms with E-state index in [1.807, 2.05) is 6.92 Å². The highest BCUT2D eigenvalue weighted by molar-refractivity contribution is 5.94. The average Bonchev–Trinajstić information content (AvgIpc) is 2.72. The van der Waals surface area contributed by atoms with E-state index in [0.29, 0.717) is 12.3 Å². The smallest absolute Gasteiger partial charge is 0.315 e. The highest BCUT2D eigenvalue weighted by atomic mass is 16.5. The summed E-state index contributed by atoms with van der Waals surface area (Å²) in [4.78, 5) is 36.5. The van der Waals surface area contributed by atoms with Crippen molar-refractivity contribution in [3.8, 4) is 5.75 Å². The zero-order chi connectivity index (χ0) is 22.6. The minimum absolute atomic E-state index is 0.0416. The van der Waals surface area contributed by atoms with E-state index in [4.69, 9.17) is 4.74 Å². The van der Waals surface area contributed by atoms with Crippen LogP contribution in [0.4, 0.5) is 10.5 Å². The van der Waals surface area contributed by atoms with Gasteiger partial charge in [0.2, 0.25) is 11.8 Å². The molecule has 4 aliphatic rings. The van der Waals surface area contributed by atoms with Gasteiger partial charge >= 0.3 is 6.03 Å². The fourth-order valence-corrected chi connectivity index (χ4v) is 6.11. The van der Waals surface area contributed by atoms with Gasteiger partial charge in [0.05, 0.1) is 13.2 Å². The molecule has 0 radical (unpaired) electrons. The Labute approximate surface area is 189 Å². The summed E-state index contributed by atoms with van der Waals surface area (Å²) < 4.78 is 5.36. The van der Waals surface area contributed by atoms with Crippen LogP contribution in [0.3, 0.4) is 0 Å². The Balaban J connectivity index is 1.11. The maximum absolute atomic E-state index is 12.4. The molecule has 1 aromatic carbocycles. The molecule has 0 unspecified atom stereocenters. The van der Waals surface area contributed by atoms with Crippen molar-refractivity contribution >= 4 is 23.5 Å². The molecule has 32 heavy (non-hydrogen) atoms. The summed E-state index contributed by atoms with van der Waals surface area (Å²) >= 11 is 0. The van der Waals surface area contributed by atoms with E-state index in [-0.39, 0.29) is 42.9 Å². The highest BCUT2D eigenvalue weighted by Crippen LogP contribution is 2.55. The van der Waals surface area contributed by atoms with Gasteiger partial charge in [0.25, 0.3) is 0 Å². The zero-order valence-corrected chi connectivity index (χ0v) is 18.7. The summed E-state index contributed by atoms with van der Waals surface area (Å²) in [5.74, 6) is 2.44. The van der Waals surface area contributed by atoms with Gasteiger partial charge in [-0.1, -0.05) is 0 Å². The lowest BCUT2D eigenvalue weighted by atomic mass is 9.53. The summed E-state index contributed by atoms with van der Waals surface area (Å²) in [7, 11) is 0. The molecule has 5 rings (SSSR count). The number of anilines is 1. The Kier molecular flexibility index (Phi) is 6.86. The van der Waals surface area contributed by atoms with E-state index < -0.39 is 0 Å². The van der Waals surface area contributed by atoms with Crippen LogP contribution >= 0.6 is 0 Å². The van der Waals surface area contributed by atoms with Gasteiger partial charge < -0.3 is 26.0 Å². The second-order valence-corrected chi connectivity index (χ2v) is 9.61. The number of carbonyl (C=O) groups is 3. The lowest BCUT2D eigenvalue weighted by Gasteiger charge is -2.56. The van der Waals surface area contributed by atoms with Crippen molar-refractivity contribution in [3.63, 3.8) is 0 Å². The second-order valence-electron chi connectivity index (χ2n) is 9.61. The quantitative estimate of drug-likeness (QED) is 0.472. The van der Waals surface area contributed by atoms with Crippen molar-refractivity contribution in [2.45, 2.75) is 57.4 Å². The van der Waals surface area contributed by atoms with Gasteiger partial charge in [0, 0.05) is 24.2 Å². The van der Waals surface area contributed by atoms with Crippen LogP contribution in [-0.2, 0) is 9.59 Å². The molecule has 4 aliphatic carbocycles. The summed E-state index contributed by atoms with van der Waals surface area (Å²) in [6, 6.07) is 6.86. The SMILES string of the molecule is CCOc1ccc(NC(=O)CNC(=O)CCNC(=O)NC23CC4CC(CC(C4)C2)C3)cc1. The summed E-state index contributed by atoms with van der Waals surface area (Å²) in [5.41, 5.74) is 0.593. The number of ether oxygens (including phenoxy) is 1. The third kappa shape index (κ3) is 5.72. The topological polar surface area (TPSA) is 109 Å². The van der Waals surface area contributed by atoms with E-state index in [0.717, 1.165) is 42.8 Å². The van der Waals surface area contributed by atoms with Crippen LogP contribution in [0.25, 0.3) is 0 Å². The van der Waals surface area contributed by atoms with Gasteiger partial charge in [-0.15, -0.1) is 0 Å². The molecule has 0 aromatic heterocycles. The number of amides is 4. The molecule has 4 bridgehead atoms. The Hall–Kier alpha value is -2.77. The highest BCUT2D eigenvalue weighted by Gasteiger charge is 2.51. The standard InChI is InChI=1S/C24H34N4O4/c1-2-32-20-5-3-19(4-6-20)27-22(30)15-26-21(29)7-8-25-23(31)28-24-12-16-9-17(13-24)11-18(10-16)14-24/h3-6,16-18H,2,7-15H2,1H3,(H,26,29)(H,27,30)(H2,25,28,31). The molecule has 0 aliphatic heterocycles. The van der Waals surface area contributed by atoms with Crippen molar-refractivity contribution in [2.75, 3.05) is 25.0 Å².